The molecule has 0 atom stereocenters. The molecule has 0 spiro atoms. The van der Waals surface area contributed by atoms with Gasteiger partial charge in [-0.05, 0) is 57.5 Å². The Kier molecular flexibility index (Phi) is 18.7. The van der Waals surface area contributed by atoms with Crippen LogP contribution in [0, 0.1) is 0 Å². The van der Waals surface area contributed by atoms with E-state index in [-0.39, 0.29) is 0 Å². The first-order chi connectivity index (χ1) is 13.2. The third-order valence-corrected chi connectivity index (χ3v) is 4.86. The molecule has 0 saturated heterocycles. The zero-order valence-corrected chi connectivity index (χ0v) is 18.1. The molecular weight excluding hydrogens is 336 g/mol. The third kappa shape index (κ3) is 14.5. The molecule has 0 aromatic rings. The Morgan fingerprint density at radius 3 is 1.70 bits per heavy atom. The average molecular weight is 382 g/mol. The van der Waals surface area contributed by atoms with E-state index in [0.29, 0.717) is 0 Å². The minimum atomic E-state index is 0.759. The van der Waals surface area contributed by atoms with Gasteiger partial charge in [0.15, 0.2) is 0 Å². The van der Waals surface area contributed by atoms with E-state index in [0.717, 1.165) is 37.5 Å². The number of hydrogen-bond donors (Lipinski definition) is 2. The van der Waals surface area contributed by atoms with E-state index in [9.17, 15) is 4.79 Å². The normalized spacial score (nSPS) is 11.3. The lowest BCUT2D eigenvalue weighted by molar-refractivity contribution is -1.01. The fraction of sp³-hybridized carbons (Fsp3) is 0.773. The summed E-state index contributed by atoms with van der Waals surface area (Å²) in [4.78, 5) is 13.6. The molecule has 1 amide bonds. The maximum Gasteiger partial charge on any atom is 0.225 e. The van der Waals surface area contributed by atoms with E-state index in [4.69, 9.17) is 0 Å². The Bertz CT molecular complexity index is 342. The van der Waals surface area contributed by atoms with Gasteiger partial charge in [-0.1, -0.05) is 64.2 Å². The molecule has 158 valence electrons. The van der Waals surface area contributed by atoms with Gasteiger partial charge in [0.05, 0.1) is 6.54 Å². The molecular formula is C22H45N4O+. The van der Waals surface area contributed by atoms with Gasteiger partial charge in [0, 0.05) is 0 Å². The maximum absolute atomic E-state index is 10.9. The van der Waals surface area contributed by atoms with Crippen LogP contribution in [0.1, 0.15) is 71.6 Å². The number of nitrogens with zero attached hydrogens (tertiary/aromatic N) is 2. The van der Waals surface area contributed by atoms with E-state index >= 15 is 0 Å². The molecule has 27 heavy (non-hydrogen) atoms. The largest absolute Gasteiger partial charge is 0.303 e. The van der Waals surface area contributed by atoms with Crippen LogP contribution >= 0.6 is 0 Å². The molecule has 0 radical (unpaired) electrons. The van der Waals surface area contributed by atoms with Crippen molar-refractivity contribution >= 4 is 6.41 Å². The molecule has 0 aliphatic heterocycles. The first kappa shape index (κ1) is 25.8. The van der Waals surface area contributed by atoms with Gasteiger partial charge in [-0.2, -0.15) is 0 Å². The molecule has 0 aliphatic carbocycles. The Hall–Kier alpha value is -1.17. The number of hydrazine groups is 1. The summed E-state index contributed by atoms with van der Waals surface area (Å²) in [7, 11) is 0. The van der Waals surface area contributed by atoms with Crippen LogP contribution in [0.15, 0.2) is 25.3 Å². The lowest BCUT2D eigenvalue weighted by Gasteiger charge is -2.28. The lowest BCUT2D eigenvalue weighted by atomic mass is 10.2. The first-order valence-corrected chi connectivity index (χ1v) is 11.0. The highest BCUT2D eigenvalue weighted by Crippen LogP contribution is 2.06. The van der Waals surface area contributed by atoms with E-state index in [2.05, 4.69) is 37.3 Å². The average Bonchev–Trinajstić information content (AvgIpc) is 2.66. The molecule has 0 heterocycles. The number of amides is 1. The summed E-state index contributed by atoms with van der Waals surface area (Å²) in [6.07, 6.45) is 15.9. The predicted octanol–water partition coefficient (Wildman–Crippen LogP) is 2.97. The standard InChI is InChI=1S/C22H44N4O/c1-5-9-12-18-24(19-13-10-6-2)20-14-11-15-21-26(23-22-27)25(16-7-3)17-8-4/h7-8,22H,3-6,9-21H2,1-2H3,(H,23,27)/p+1. The smallest absolute Gasteiger partial charge is 0.225 e. The van der Waals surface area contributed by atoms with Crippen molar-refractivity contribution in [2.75, 3.05) is 39.3 Å². The highest BCUT2D eigenvalue weighted by Gasteiger charge is 2.16. The van der Waals surface area contributed by atoms with Crippen LogP contribution in [-0.2, 0) is 4.79 Å². The van der Waals surface area contributed by atoms with Gasteiger partial charge in [0.1, 0.15) is 13.1 Å². The molecule has 0 rings (SSSR count). The second-order valence-electron chi connectivity index (χ2n) is 7.27. The van der Waals surface area contributed by atoms with Gasteiger partial charge in [0.2, 0.25) is 6.41 Å². The third-order valence-electron chi connectivity index (χ3n) is 4.86. The molecule has 0 fully saturated rings. The topological polar surface area (TPSA) is 40.0 Å². The van der Waals surface area contributed by atoms with Crippen molar-refractivity contribution in [3.63, 3.8) is 0 Å². The second-order valence-corrected chi connectivity index (χ2v) is 7.27. The van der Waals surface area contributed by atoms with E-state index in [1.165, 1.54) is 71.0 Å². The number of carbonyl (C=O) groups is 1. The van der Waals surface area contributed by atoms with E-state index in [1.807, 2.05) is 17.3 Å². The lowest BCUT2D eigenvalue weighted by Crippen LogP contribution is -3.19. The van der Waals surface area contributed by atoms with Crippen LogP contribution in [0.5, 0.6) is 0 Å². The molecule has 0 saturated carbocycles. The fourth-order valence-electron chi connectivity index (χ4n) is 3.30. The van der Waals surface area contributed by atoms with Crippen molar-refractivity contribution in [1.29, 1.82) is 0 Å². The van der Waals surface area contributed by atoms with Crippen LogP contribution < -0.4 is 10.4 Å². The number of nitrogens with one attached hydrogen (secondary N) is 2. The SMILES string of the molecule is C=CC[NH+](CC=C)N(CCCCCN(CCCCC)CCCCC)NC=O. The number of carbonyl (C=O) groups excluding carboxylic acids is 1. The molecule has 0 bridgehead atoms. The Morgan fingerprint density at radius 1 is 0.778 bits per heavy atom. The summed E-state index contributed by atoms with van der Waals surface area (Å²) in [6.45, 7) is 18.2. The van der Waals surface area contributed by atoms with Crippen LogP contribution in [0.2, 0.25) is 0 Å². The second kappa shape index (κ2) is 19.6. The minimum Gasteiger partial charge on any atom is -0.303 e. The molecule has 0 aliphatic rings. The van der Waals surface area contributed by atoms with Gasteiger partial charge >= 0.3 is 0 Å². The minimum absolute atomic E-state index is 0.759. The molecule has 5 nitrogen and oxygen atoms in total. The van der Waals surface area contributed by atoms with Crippen LogP contribution in [-0.4, -0.2) is 55.7 Å². The number of unbranched alkanes of at least 4 members (excludes halogenated alkanes) is 6. The van der Waals surface area contributed by atoms with Gasteiger partial charge in [-0.3, -0.25) is 4.79 Å². The van der Waals surface area contributed by atoms with Crippen molar-refractivity contribution in [1.82, 2.24) is 15.4 Å². The summed E-state index contributed by atoms with van der Waals surface area (Å²) in [5.41, 5.74) is 2.83. The summed E-state index contributed by atoms with van der Waals surface area (Å²) in [5.74, 6) is 0. The van der Waals surface area contributed by atoms with Gasteiger partial charge < -0.3 is 4.90 Å². The molecule has 0 unspecified atom stereocenters. The fourth-order valence-corrected chi connectivity index (χ4v) is 3.30. The molecule has 2 N–H and O–H groups in total. The Morgan fingerprint density at radius 2 is 1.26 bits per heavy atom. The zero-order chi connectivity index (χ0) is 20.2. The van der Waals surface area contributed by atoms with Crippen LogP contribution in [0.25, 0.3) is 0 Å². The summed E-state index contributed by atoms with van der Waals surface area (Å²) < 4.78 is 0. The zero-order valence-electron chi connectivity index (χ0n) is 18.1. The maximum atomic E-state index is 10.9. The molecule has 0 aromatic heterocycles. The monoisotopic (exact) mass is 381 g/mol. The Balaban J connectivity index is 4.22. The number of quaternary nitrogens is 1. The summed E-state index contributed by atoms with van der Waals surface area (Å²) >= 11 is 0. The van der Waals surface area contributed by atoms with Crippen molar-refractivity contribution in [3.8, 4) is 0 Å². The molecule has 5 heteroatoms. The van der Waals surface area contributed by atoms with Crippen molar-refractivity contribution in [2.24, 2.45) is 0 Å². The molecule has 0 aromatic carbocycles. The van der Waals surface area contributed by atoms with Crippen molar-refractivity contribution < 1.29 is 9.80 Å². The van der Waals surface area contributed by atoms with E-state index < -0.39 is 0 Å². The number of hydrogen-bond acceptors (Lipinski definition) is 3. The highest BCUT2D eigenvalue weighted by atomic mass is 16.1. The quantitative estimate of drug-likeness (QED) is 0.139. The van der Waals surface area contributed by atoms with Gasteiger partial charge in [0.25, 0.3) is 0 Å². The van der Waals surface area contributed by atoms with E-state index in [1.54, 1.807) is 0 Å². The highest BCUT2D eigenvalue weighted by molar-refractivity contribution is 5.44. The van der Waals surface area contributed by atoms with Crippen LogP contribution in [0.3, 0.4) is 0 Å². The van der Waals surface area contributed by atoms with Crippen molar-refractivity contribution in [3.05, 3.63) is 25.3 Å². The summed E-state index contributed by atoms with van der Waals surface area (Å²) in [6, 6.07) is 0. The van der Waals surface area contributed by atoms with Crippen LogP contribution in [0.4, 0.5) is 0 Å². The Labute approximate surface area is 168 Å². The summed E-state index contributed by atoms with van der Waals surface area (Å²) in [5, 5.41) is 3.12. The van der Waals surface area contributed by atoms with Gasteiger partial charge in [-0.25, -0.2) is 10.4 Å². The van der Waals surface area contributed by atoms with Crippen molar-refractivity contribution in [2.45, 2.75) is 71.6 Å². The number of rotatable bonds is 21. The predicted molar refractivity (Wildman–Crippen MR) is 116 cm³/mol. The first-order valence-electron chi connectivity index (χ1n) is 11.0. The van der Waals surface area contributed by atoms with Gasteiger partial charge in [-0.15, -0.1) is 0 Å².